The molecule has 14 heavy (non-hydrogen) atoms. The standard InChI is InChI=1S/C9H21NO3S/c1-8(2)5-14(12,13)10-6-9(3,4)7-11/h8,10-11H,5-7H2,1-4H3. The average molecular weight is 223 g/mol. The number of nitrogens with one attached hydrogen (secondary N) is 1. The summed E-state index contributed by atoms with van der Waals surface area (Å²) >= 11 is 0. The van der Waals surface area contributed by atoms with Crippen LogP contribution in [-0.4, -0.2) is 32.4 Å². The Morgan fingerprint density at radius 1 is 1.36 bits per heavy atom. The van der Waals surface area contributed by atoms with Crippen LogP contribution in [0.15, 0.2) is 0 Å². The lowest BCUT2D eigenvalue weighted by Crippen LogP contribution is -2.38. The minimum absolute atomic E-state index is 0.0306. The molecule has 0 atom stereocenters. The van der Waals surface area contributed by atoms with Crippen LogP contribution in [0.1, 0.15) is 27.7 Å². The normalized spacial score (nSPS) is 13.6. The van der Waals surface area contributed by atoms with E-state index in [0.717, 1.165) is 0 Å². The average Bonchev–Trinajstić information content (AvgIpc) is 1.99. The summed E-state index contributed by atoms with van der Waals surface area (Å²) in [4.78, 5) is 0. The Bertz CT molecular complexity index is 257. The first-order valence-electron chi connectivity index (χ1n) is 4.77. The van der Waals surface area contributed by atoms with Crippen molar-refractivity contribution < 1.29 is 13.5 Å². The third kappa shape index (κ3) is 6.34. The van der Waals surface area contributed by atoms with Crippen molar-refractivity contribution in [2.45, 2.75) is 27.7 Å². The zero-order chi connectivity index (χ0) is 11.4. The molecule has 0 rings (SSSR count). The van der Waals surface area contributed by atoms with E-state index in [1.54, 1.807) is 0 Å². The van der Waals surface area contributed by atoms with Gasteiger partial charge in [0.25, 0.3) is 0 Å². The molecule has 0 saturated carbocycles. The van der Waals surface area contributed by atoms with Crippen molar-refractivity contribution >= 4 is 10.0 Å². The molecule has 0 aliphatic heterocycles. The van der Waals surface area contributed by atoms with E-state index in [2.05, 4.69) is 4.72 Å². The highest BCUT2D eigenvalue weighted by Gasteiger charge is 2.20. The summed E-state index contributed by atoms with van der Waals surface area (Å²) in [6.07, 6.45) is 0. The first-order chi connectivity index (χ1) is 6.18. The Labute approximate surface area is 86.8 Å². The van der Waals surface area contributed by atoms with Crippen molar-refractivity contribution in [3.05, 3.63) is 0 Å². The van der Waals surface area contributed by atoms with E-state index in [0.29, 0.717) is 0 Å². The minimum Gasteiger partial charge on any atom is -0.396 e. The summed E-state index contributed by atoms with van der Waals surface area (Å²) in [6, 6.07) is 0. The first-order valence-corrected chi connectivity index (χ1v) is 6.42. The third-order valence-corrected chi connectivity index (χ3v) is 3.44. The van der Waals surface area contributed by atoms with Gasteiger partial charge in [-0.2, -0.15) is 0 Å². The fourth-order valence-electron chi connectivity index (χ4n) is 0.859. The van der Waals surface area contributed by atoms with Gasteiger partial charge in [0.1, 0.15) is 0 Å². The van der Waals surface area contributed by atoms with Crippen LogP contribution in [0.5, 0.6) is 0 Å². The molecule has 0 radical (unpaired) electrons. The highest BCUT2D eigenvalue weighted by molar-refractivity contribution is 7.89. The smallest absolute Gasteiger partial charge is 0.211 e. The van der Waals surface area contributed by atoms with E-state index in [1.807, 2.05) is 27.7 Å². The van der Waals surface area contributed by atoms with E-state index in [-0.39, 0.29) is 24.8 Å². The second-order valence-corrected chi connectivity index (χ2v) is 6.67. The summed E-state index contributed by atoms with van der Waals surface area (Å²) in [6.45, 7) is 7.58. The molecule has 4 nitrogen and oxygen atoms in total. The molecule has 0 spiro atoms. The monoisotopic (exact) mass is 223 g/mol. The van der Waals surface area contributed by atoms with Gasteiger partial charge in [-0.3, -0.25) is 0 Å². The van der Waals surface area contributed by atoms with E-state index < -0.39 is 15.4 Å². The summed E-state index contributed by atoms with van der Waals surface area (Å²) in [5, 5.41) is 8.94. The molecule has 0 aliphatic rings. The quantitative estimate of drug-likeness (QED) is 0.692. The van der Waals surface area contributed by atoms with Gasteiger partial charge >= 0.3 is 0 Å². The summed E-state index contributed by atoms with van der Waals surface area (Å²) < 4.78 is 25.3. The fraction of sp³-hybridized carbons (Fsp3) is 1.00. The first kappa shape index (κ1) is 13.9. The van der Waals surface area contributed by atoms with E-state index in [4.69, 9.17) is 5.11 Å². The zero-order valence-corrected chi connectivity index (χ0v) is 10.2. The summed E-state index contributed by atoms with van der Waals surface area (Å²) in [7, 11) is -3.19. The van der Waals surface area contributed by atoms with Gasteiger partial charge in [0, 0.05) is 18.6 Å². The number of hydrogen-bond acceptors (Lipinski definition) is 3. The number of rotatable bonds is 6. The maximum absolute atomic E-state index is 11.4. The molecule has 86 valence electrons. The molecule has 0 heterocycles. The molecule has 0 aromatic heterocycles. The molecule has 0 aliphatic carbocycles. The molecule has 5 heteroatoms. The van der Waals surface area contributed by atoms with E-state index in [9.17, 15) is 8.42 Å². The third-order valence-electron chi connectivity index (χ3n) is 1.75. The molecule has 0 bridgehead atoms. The van der Waals surface area contributed by atoms with Crippen molar-refractivity contribution in [2.24, 2.45) is 11.3 Å². The molecule has 0 saturated heterocycles. The van der Waals surface area contributed by atoms with Crippen molar-refractivity contribution in [3.63, 3.8) is 0 Å². The van der Waals surface area contributed by atoms with Crippen LogP contribution in [0.25, 0.3) is 0 Å². The summed E-state index contributed by atoms with van der Waals surface area (Å²) in [5.41, 5.74) is -0.399. The Morgan fingerprint density at radius 3 is 2.21 bits per heavy atom. The molecule has 0 fully saturated rings. The van der Waals surface area contributed by atoms with Crippen molar-refractivity contribution in [3.8, 4) is 0 Å². The molecular weight excluding hydrogens is 202 g/mol. The molecule has 0 aromatic carbocycles. The minimum atomic E-state index is -3.19. The predicted molar refractivity (Wildman–Crippen MR) is 57.5 cm³/mol. The van der Waals surface area contributed by atoms with Crippen LogP contribution in [0.3, 0.4) is 0 Å². The SMILES string of the molecule is CC(C)CS(=O)(=O)NCC(C)(C)CO. The molecule has 0 aromatic rings. The number of sulfonamides is 1. The lowest BCUT2D eigenvalue weighted by atomic mass is 9.96. The second kappa shape index (κ2) is 5.09. The highest BCUT2D eigenvalue weighted by atomic mass is 32.2. The number of aliphatic hydroxyl groups excluding tert-OH is 1. The van der Waals surface area contributed by atoms with Crippen LogP contribution in [0.4, 0.5) is 0 Å². The molecular formula is C9H21NO3S. The predicted octanol–water partition coefficient (Wildman–Crippen LogP) is 0.580. The van der Waals surface area contributed by atoms with Gasteiger partial charge < -0.3 is 5.11 Å². The Balaban J connectivity index is 4.13. The Morgan fingerprint density at radius 2 is 1.86 bits per heavy atom. The fourth-order valence-corrected chi connectivity index (χ4v) is 2.47. The van der Waals surface area contributed by atoms with Gasteiger partial charge in [-0.05, 0) is 5.92 Å². The van der Waals surface area contributed by atoms with Gasteiger partial charge in [0.15, 0.2) is 0 Å². The highest BCUT2D eigenvalue weighted by Crippen LogP contribution is 2.12. The maximum atomic E-state index is 11.4. The van der Waals surface area contributed by atoms with Gasteiger partial charge in [0.2, 0.25) is 10.0 Å². The largest absolute Gasteiger partial charge is 0.396 e. The number of hydrogen-bond donors (Lipinski definition) is 2. The summed E-state index contributed by atoms with van der Waals surface area (Å²) in [5.74, 6) is 0.249. The van der Waals surface area contributed by atoms with Gasteiger partial charge in [-0.1, -0.05) is 27.7 Å². The van der Waals surface area contributed by atoms with Crippen LogP contribution in [0.2, 0.25) is 0 Å². The molecule has 0 unspecified atom stereocenters. The zero-order valence-electron chi connectivity index (χ0n) is 9.37. The van der Waals surface area contributed by atoms with E-state index in [1.165, 1.54) is 0 Å². The topological polar surface area (TPSA) is 66.4 Å². The lowest BCUT2D eigenvalue weighted by molar-refractivity contribution is 0.163. The van der Waals surface area contributed by atoms with Crippen molar-refractivity contribution in [1.29, 1.82) is 0 Å². The van der Waals surface area contributed by atoms with Crippen LogP contribution in [-0.2, 0) is 10.0 Å². The van der Waals surface area contributed by atoms with E-state index >= 15 is 0 Å². The Kier molecular flexibility index (Phi) is 5.05. The van der Waals surface area contributed by atoms with Gasteiger partial charge in [0.05, 0.1) is 5.75 Å². The van der Waals surface area contributed by atoms with Crippen LogP contribution in [0, 0.1) is 11.3 Å². The van der Waals surface area contributed by atoms with Crippen LogP contribution >= 0.6 is 0 Å². The van der Waals surface area contributed by atoms with Crippen molar-refractivity contribution in [2.75, 3.05) is 18.9 Å². The molecule has 0 amide bonds. The Hall–Kier alpha value is -0.130. The maximum Gasteiger partial charge on any atom is 0.211 e. The number of aliphatic hydroxyl groups is 1. The van der Waals surface area contributed by atoms with Crippen molar-refractivity contribution in [1.82, 2.24) is 4.72 Å². The second-order valence-electron chi connectivity index (χ2n) is 4.82. The lowest BCUT2D eigenvalue weighted by Gasteiger charge is -2.22. The van der Waals surface area contributed by atoms with Crippen LogP contribution < -0.4 is 4.72 Å². The van der Waals surface area contributed by atoms with Gasteiger partial charge in [-0.15, -0.1) is 0 Å². The van der Waals surface area contributed by atoms with Gasteiger partial charge in [-0.25, -0.2) is 13.1 Å². The molecule has 2 N–H and O–H groups in total.